The smallest absolute Gasteiger partial charge is 0.251 e. The molecule has 1 aliphatic heterocycles. The molecule has 3 aromatic rings. The van der Waals surface area contributed by atoms with Gasteiger partial charge in [-0.3, -0.25) is 9.59 Å². The van der Waals surface area contributed by atoms with Crippen LogP contribution in [-0.4, -0.2) is 61.7 Å². The molecule has 0 saturated carbocycles. The van der Waals surface area contributed by atoms with Gasteiger partial charge >= 0.3 is 0 Å². The van der Waals surface area contributed by atoms with Crippen LogP contribution in [0.1, 0.15) is 27.0 Å². The van der Waals surface area contributed by atoms with Crippen molar-refractivity contribution in [2.45, 2.75) is 31.2 Å². The number of piperazine rings is 1. The largest absolute Gasteiger partial charge is 0.340 e. The Balaban J connectivity index is 1.48. The fourth-order valence-electron chi connectivity index (χ4n) is 4.37. The maximum atomic E-state index is 13.5. The van der Waals surface area contributed by atoms with Gasteiger partial charge in [-0.15, -0.1) is 0 Å². The van der Waals surface area contributed by atoms with E-state index in [1.807, 2.05) is 55.5 Å². The van der Waals surface area contributed by atoms with Crippen LogP contribution < -0.4 is 5.32 Å². The van der Waals surface area contributed by atoms with E-state index in [4.69, 9.17) is 0 Å². The highest BCUT2D eigenvalue weighted by Gasteiger charge is 2.34. The summed E-state index contributed by atoms with van der Waals surface area (Å²) in [6.45, 7) is 4.57. The van der Waals surface area contributed by atoms with E-state index in [0.29, 0.717) is 22.4 Å². The van der Waals surface area contributed by atoms with Crippen molar-refractivity contribution < 1.29 is 18.0 Å². The molecule has 0 bridgehead atoms. The topological polar surface area (TPSA) is 86.8 Å². The van der Waals surface area contributed by atoms with Crippen LogP contribution in [0, 0.1) is 13.8 Å². The second kappa shape index (κ2) is 11.1. The van der Waals surface area contributed by atoms with Gasteiger partial charge in [-0.2, -0.15) is 4.31 Å². The number of aryl methyl sites for hydroxylation is 2. The van der Waals surface area contributed by atoms with E-state index >= 15 is 0 Å². The summed E-state index contributed by atoms with van der Waals surface area (Å²) in [7, 11) is -3.66. The van der Waals surface area contributed by atoms with Crippen molar-refractivity contribution >= 4 is 21.8 Å². The first-order chi connectivity index (χ1) is 17.3. The molecule has 4 rings (SSSR count). The predicted octanol–water partition coefficient (Wildman–Crippen LogP) is 3.18. The number of nitrogens with zero attached hydrogens (tertiary/aromatic N) is 2. The van der Waals surface area contributed by atoms with Gasteiger partial charge in [0.15, 0.2) is 0 Å². The van der Waals surface area contributed by atoms with E-state index in [1.54, 1.807) is 42.2 Å². The van der Waals surface area contributed by atoms with Crippen molar-refractivity contribution in [2.75, 3.05) is 26.2 Å². The second-order valence-electron chi connectivity index (χ2n) is 9.08. The fourth-order valence-corrected chi connectivity index (χ4v) is 6.11. The van der Waals surface area contributed by atoms with Gasteiger partial charge in [0.05, 0.1) is 4.90 Å². The van der Waals surface area contributed by atoms with Gasteiger partial charge in [-0.05, 0) is 48.7 Å². The summed E-state index contributed by atoms with van der Waals surface area (Å²) in [5.74, 6) is -0.534. The molecule has 0 radical (unpaired) electrons. The van der Waals surface area contributed by atoms with E-state index < -0.39 is 16.1 Å². The molecular weight excluding hydrogens is 474 g/mol. The molecule has 188 valence electrons. The summed E-state index contributed by atoms with van der Waals surface area (Å²) in [6.07, 6.45) is 0.346. The van der Waals surface area contributed by atoms with E-state index in [0.717, 1.165) is 11.1 Å². The summed E-state index contributed by atoms with van der Waals surface area (Å²) in [5, 5.41) is 2.90. The monoisotopic (exact) mass is 505 g/mol. The van der Waals surface area contributed by atoms with Gasteiger partial charge in [-0.1, -0.05) is 60.7 Å². The maximum Gasteiger partial charge on any atom is 0.251 e. The Morgan fingerprint density at radius 2 is 1.47 bits per heavy atom. The number of nitrogens with one attached hydrogen (secondary N) is 1. The minimum atomic E-state index is -3.66. The molecular formula is C28H31N3O4S. The van der Waals surface area contributed by atoms with Crippen molar-refractivity contribution in [1.29, 1.82) is 0 Å². The number of hydrogen-bond donors (Lipinski definition) is 1. The van der Waals surface area contributed by atoms with Gasteiger partial charge in [-0.25, -0.2) is 8.42 Å². The van der Waals surface area contributed by atoms with E-state index in [2.05, 4.69) is 5.32 Å². The predicted molar refractivity (Wildman–Crippen MR) is 139 cm³/mol. The van der Waals surface area contributed by atoms with E-state index in [1.165, 1.54) is 4.31 Å². The van der Waals surface area contributed by atoms with Crippen molar-refractivity contribution in [1.82, 2.24) is 14.5 Å². The van der Waals surface area contributed by atoms with Crippen molar-refractivity contribution in [3.8, 4) is 0 Å². The van der Waals surface area contributed by atoms with Crippen molar-refractivity contribution in [2.24, 2.45) is 0 Å². The van der Waals surface area contributed by atoms with Crippen LogP contribution in [-0.2, 0) is 21.2 Å². The SMILES string of the molecule is Cc1ccc(C)c(S(=O)(=O)N2CCN(C(=O)C(Cc3ccccc3)NC(=O)c3ccccc3)CC2)c1. The molecule has 2 amide bonds. The van der Waals surface area contributed by atoms with E-state index in [-0.39, 0.29) is 38.0 Å². The molecule has 0 aliphatic carbocycles. The maximum absolute atomic E-state index is 13.5. The molecule has 7 nitrogen and oxygen atoms in total. The molecule has 0 aromatic heterocycles. The van der Waals surface area contributed by atoms with Gasteiger partial charge < -0.3 is 10.2 Å². The highest BCUT2D eigenvalue weighted by atomic mass is 32.2. The first-order valence-corrected chi connectivity index (χ1v) is 13.5. The van der Waals surface area contributed by atoms with E-state index in [9.17, 15) is 18.0 Å². The summed E-state index contributed by atoms with van der Waals surface area (Å²) < 4.78 is 28.0. The lowest BCUT2D eigenvalue weighted by Crippen LogP contribution is -2.56. The summed E-state index contributed by atoms with van der Waals surface area (Å²) in [4.78, 5) is 28.4. The van der Waals surface area contributed by atoms with Gasteiger partial charge in [0.1, 0.15) is 6.04 Å². The molecule has 1 fully saturated rings. The summed E-state index contributed by atoms with van der Waals surface area (Å²) in [6, 6.07) is 23.0. The van der Waals surface area contributed by atoms with Crippen LogP contribution in [0.3, 0.4) is 0 Å². The third-order valence-electron chi connectivity index (χ3n) is 6.43. The lowest BCUT2D eigenvalue weighted by atomic mass is 10.0. The molecule has 1 aliphatic rings. The van der Waals surface area contributed by atoms with Crippen LogP contribution in [0.25, 0.3) is 0 Å². The number of amides is 2. The Bertz CT molecular complexity index is 1320. The lowest BCUT2D eigenvalue weighted by Gasteiger charge is -2.36. The van der Waals surface area contributed by atoms with Crippen molar-refractivity contribution in [3.63, 3.8) is 0 Å². The van der Waals surface area contributed by atoms with Gasteiger partial charge in [0.25, 0.3) is 5.91 Å². The number of sulfonamides is 1. The first-order valence-electron chi connectivity index (χ1n) is 12.0. The normalized spacial score (nSPS) is 15.3. The Labute approximate surface area is 212 Å². The first kappa shape index (κ1) is 25.6. The zero-order chi connectivity index (χ0) is 25.7. The van der Waals surface area contributed by atoms with Crippen LogP contribution in [0.4, 0.5) is 0 Å². The zero-order valence-corrected chi connectivity index (χ0v) is 21.4. The highest BCUT2D eigenvalue weighted by molar-refractivity contribution is 7.89. The quantitative estimate of drug-likeness (QED) is 0.534. The van der Waals surface area contributed by atoms with Gasteiger partial charge in [0, 0.05) is 38.2 Å². The number of rotatable bonds is 7. The molecule has 1 heterocycles. The summed E-state index contributed by atoms with van der Waals surface area (Å²) >= 11 is 0. The second-order valence-corrected chi connectivity index (χ2v) is 11.0. The van der Waals surface area contributed by atoms with Gasteiger partial charge in [0.2, 0.25) is 15.9 Å². The number of carbonyl (C=O) groups is 2. The Morgan fingerprint density at radius 3 is 2.11 bits per heavy atom. The summed E-state index contributed by atoms with van der Waals surface area (Å²) in [5.41, 5.74) is 2.99. The van der Waals surface area contributed by atoms with Crippen molar-refractivity contribution in [3.05, 3.63) is 101 Å². The molecule has 1 N–H and O–H groups in total. The zero-order valence-electron chi connectivity index (χ0n) is 20.6. The molecule has 3 aromatic carbocycles. The molecule has 0 spiro atoms. The Kier molecular flexibility index (Phi) is 7.86. The fraction of sp³-hybridized carbons (Fsp3) is 0.286. The molecule has 1 atom stereocenters. The number of benzene rings is 3. The minimum absolute atomic E-state index is 0.201. The lowest BCUT2D eigenvalue weighted by molar-refractivity contribution is -0.134. The Morgan fingerprint density at radius 1 is 0.861 bits per heavy atom. The molecule has 1 saturated heterocycles. The third kappa shape index (κ3) is 5.83. The third-order valence-corrected chi connectivity index (χ3v) is 8.47. The average molecular weight is 506 g/mol. The molecule has 36 heavy (non-hydrogen) atoms. The Hall–Kier alpha value is -3.49. The van der Waals surface area contributed by atoms with Crippen LogP contribution >= 0.6 is 0 Å². The molecule has 8 heteroatoms. The number of hydrogen-bond acceptors (Lipinski definition) is 4. The molecule has 1 unspecified atom stereocenters. The number of carbonyl (C=O) groups excluding carboxylic acids is 2. The van der Waals surface area contributed by atoms with Crippen LogP contribution in [0.5, 0.6) is 0 Å². The highest BCUT2D eigenvalue weighted by Crippen LogP contribution is 2.23. The minimum Gasteiger partial charge on any atom is -0.340 e. The van der Waals surface area contributed by atoms with Crippen LogP contribution in [0.2, 0.25) is 0 Å². The van der Waals surface area contributed by atoms with Crippen LogP contribution in [0.15, 0.2) is 83.8 Å². The standard InChI is InChI=1S/C28H31N3O4S/c1-21-13-14-22(2)26(19-21)36(34,35)31-17-15-30(16-18-31)28(33)25(20-23-9-5-3-6-10-23)29-27(32)24-11-7-4-8-12-24/h3-14,19,25H,15-18,20H2,1-2H3,(H,29,32). The average Bonchev–Trinajstić information content (AvgIpc) is 2.90.